The van der Waals surface area contributed by atoms with Gasteiger partial charge in [-0.1, -0.05) is 0 Å². The van der Waals surface area contributed by atoms with Crippen LogP contribution < -0.4 is 11.2 Å². The molecule has 0 atom stereocenters. The van der Waals surface area contributed by atoms with Gasteiger partial charge in [-0.15, -0.1) is 0 Å². The summed E-state index contributed by atoms with van der Waals surface area (Å²) in [5.74, 6) is -1.15. The number of aromatic nitrogens is 2. The molecular weight excluding hydrogens is 263 g/mol. The van der Waals surface area contributed by atoms with Crippen LogP contribution in [-0.4, -0.2) is 14.9 Å². The number of ketones is 1. The van der Waals surface area contributed by atoms with E-state index in [4.69, 9.17) is 0 Å². The Hall–Kier alpha value is -2.50. The molecule has 2 aromatic rings. The van der Waals surface area contributed by atoms with Crippen LogP contribution in [-0.2, 0) is 14.1 Å². The lowest BCUT2D eigenvalue weighted by Crippen LogP contribution is -2.39. The van der Waals surface area contributed by atoms with Gasteiger partial charge in [-0.3, -0.25) is 14.2 Å². The molecule has 0 N–H and O–H groups in total. The molecule has 0 radical (unpaired) electrons. The van der Waals surface area contributed by atoms with Gasteiger partial charge in [-0.2, -0.15) is 0 Å². The summed E-state index contributed by atoms with van der Waals surface area (Å²) < 4.78 is 15.3. The molecule has 0 spiro atoms. The third-order valence-electron chi connectivity index (χ3n) is 3.00. The van der Waals surface area contributed by atoms with Crippen molar-refractivity contribution < 1.29 is 9.18 Å². The van der Waals surface area contributed by atoms with E-state index in [0.717, 1.165) is 15.2 Å². The summed E-state index contributed by atoms with van der Waals surface area (Å²) in [7, 11) is 2.73. The minimum Gasteiger partial charge on any atom is -0.303 e. The van der Waals surface area contributed by atoms with Crippen molar-refractivity contribution >= 4 is 5.78 Å². The number of carbonyl (C=O) groups is 1. The molecule has 0 unspecified atom stereocenters. The molecule has 1 aromatic carbocycles. The number of benzene rings is 1. The highest BCUT2D eigenvalue weighted by atomic mass is 19.1. The summed E-state index contributed by atoms with van der Waals surface area (Å²) in [6.45, 7) is 1.65. The standard InChI is InChI=1S/C14H13FN2O3/c1-8-4-9(6-10(15)5-8)12(18)11-7-16(2)14(20)17(3)13(11)19/h4-7H,1-3H3. The predicted molar refractivity (Wildman–Crippen MR) is 71.5 cm³/mol. The van der Waals surface area contributed by atoms with Crippen LogP contribution in [0.15, 0.2) is 34.0 Å². The van der Waals surface area contributed by atoms with E-state index in [9.17, 15) is 18.8 Å². The van der Waals surface area contributed by atoms with E-state index >= 15 is 0 Å². The lowest BCUT2D eigenvalue weighted by Gasteiger charge is -2.07. The normalized spacial score (nSPS) is 10.6. The summed E-state index contributed by atoms with van der Waals surface area (Å²) in [5, 5.41) is 0. The maximum absolute atomic E-state index is 13.3. The Bertz CT molecular complexity index is 798. The van der Waals surface area contributed by atoms with Crippen LogP contribution in [0.3, 0.4) is 0 Å². The Kier molecular flexibility index (Phi) is 3.40. The molecule has 104 valence electrons. The van der Waals surface area contributed by atoms with Crippen molar-refractivity contribution in [2.75, 3.05) is 0 Å². The van der Waals surface area contributed by atoms with Gasteiger partial charge in [0, 0.05) is 25.9 Å². The lowest BCUT2D eigenvalue weighted by atomic mass is 10.0. The largest absolute Gasteiger partial charge is 0.330 e. The van der Waals surface area contributed by atoms with Crippen LogP contribution in [0.1, 0.15) is 21.5 Å². The molecule has 5 nitrogen and oxygen atoms in total. The first-order valence-corrected chi connectivity index (χ1v) is 5.90. The number of hydrogen-bond donors (Lipinski definition) is 0. The second kappa shape index (κ2) is 4.88. The van der Waals surface area contributed by atoms with E-state index in [1.54, 1.807) is 6.92 Å². The SMILES string of the molecule is Cc1cc(F)cc(C(=O)c2cn(C)c(=O)n(C)c2=O)c1. The molecule has 0 amide bonds. The first-order chi connectivity index (χ1) is 9.31. The summed E-state index contributed by atoms with van der Waals surface area (Å²) >= 11 is 0. The molecule has 0 aliphatic rings. The van der Waals surface area contributed by atoms with Gasteiger partial charge < -0.3 is 4.57 Å². The van der Waals surface area contributed by atoms with E-state index in [1.807, 2.05) is 0 Å². The van der Waals surface area contributed by atoms with Crippen LogP contribution in [0.4, 0.5) is 4.39 Å². The highest BCUT2D eigenvalue weighted by Crippen LogP contribution is 2.11. The molecule has 1 aromatic heterocycles. The fraction of sp³-hybridized carbons (Fsp3) is 0.214. The Morgan fingerprint density at radius 1 is 1.15 bits per heavy atom. The fourth-order valence-corrected chi connectivity index (χ4v) is 1.99. The maximum atomic E-state index is 13.3. The van der Waals surface area contributed by atoms with Crippen molar-refractivity contribution in [3.8, 4) is 0 Å². The van der Waals surface area contributed by atoms with E-state index in [2.05, 4.69) is 0 Å². The van der Waals surface area contributed by atoms with Gasteiger partial charge in [0.25, 0.3) is 5.56 Å². The van der Waals surface area contributed by atoms with E-state index in [0.29, 0.717) is 5.56 Å². The summed E-state index contributed by atoms with van der Waals surface area (Å²) in [6.07, 6.45) is 1.17. The van der Waals surface area contributed by atoms with Crippen molar-refractivity contribution in [2.45, 2.75) is 6.92 Å². The highest BCUT2D eigenvalue weighted by Gasteiger charge is 2.17. The molecule has 20 heavy (non-hydrogen) atoms. The molecule has 1 heterocycles. The Balaban J connectivity index is 2.66. The second-order valence-electron chi connectivity index (χ2n) is 4.65. The van der Waals surface area contributed by atoms with E-state index in [1.165, 1.54) is 32.4 Å². The third kappa shape index (κ3) is 2.32. The minimum atomic E-state index is -0.694. The number of nitrogens with zero attached hydrogens (tertiary/aromatic N) is 2. The molecule has 0 aliphatic carbocycles. The van der Waals surface area contributed by atoms with Crippen LogP contribution >= 0.6 is 0 Å². The first-order valence-electron chi connectivity index (χ1n) is 5.90. The highest BCUT2D eigenvalue weighted by molar-refractivity contribution is 6.08. The average molecular weight is 276 g/mol. The van der Waals surface area contributed by atoms with Gasteiger partial charge in [-0.05, 0) is 30.7 Å². The Morgan fingerprint density at radius 3 is 2.40 bits per heavy atom. The molecule has 0 aliphatic heterocycles. The maximum Gasteiger partial charge on any atom is 0.330 e. The Labute approximate surface area is 113 Å². The number of aryl methyl sites for hydroxylation is 2. The smallest absolute Gasteiger partial charge is 0.303 e. The molecule has 0 saturated heterocycles. The van der Waals surface area contributed by atoms with Gasteiger partial charge in [0.1, 0.15) is 11.4 Å². The zero-order valence-electron chi connectivity index (χ0n) is 11.3. The molecule has 0 bridgehead atoms. The Morgan fingerprint density at radius 2 is 1.80 bits per heavy atom. The summed E-state index contributed by atoms with van der Waals surface area (Å²) in [4.78, 5) is 35.8. The van der Waals surface area contributed by atoms with Gasteiger partial charge in [0.2, 0.25) is 0 Å². The van der Waals surface area contributed by atoms with Crippen LogP contribution in [0.25, 0.3) is 0 Å². The molecule has 2 rings (SSSR count). The molecular formula is C14H13FN2O3. The number of hydrogen-bond acceptors (Lipinski definition) is 3. The van der Waals surface area contributed by atoms with Crippen molar-refractivity contribution in [1.29, 1.82) is 0 Å². The van der Waals surface area contributed by atoms with Crippen molar-refractivity contribution in [1.82, 2.24) is 9.13 Å². The lowest BCUT2D eigenvalue weighted by molar-refractivity contribution is 0.103. The third-order valence-corrected chi connectivity index (χ3v) is 3.00. The number of halogens is 1. The average Bonchev–Trinajstić information content (AvgIpc) is 2.38. The van der Waals surface area contributed by atoms with Crippen molar-refractivity contribution in [3.63, 3.8) is 0 Å². The number of rotatable bonds is 2. The predicted octanol–water partition coefficient (Wildman–Crippen LogP) is 0.763. The van der Waals surface area contributed by atoms with Gasteiger partial charge in [0.15, 0.2) is 5.78 Å². The van der Waals surface area contributed by atoms with Crippen LogP contribution in [0.5, 0.6) is 0 Å². The van der Waals surface area contributed by atoms with Crippen molar-refractivity contribution in [2.24, 2.45) is 14.1 Å². The number of carbonyl (C=O) groups excluding carboxylic acids is 1. The summed E-state index contributed by atoms with van der Waals surface area (Å²) in [5.41, 5.74) is -0.727. The van der Waals surface area contributed by atoms with E-state index < -0.39 is 22.8 Å². The topological polar surface area (TPSA) is 61.1 Å². The zero-order valence-corrected chi connectivity index (χ0v) is 11.3. The van der Waals surface area contributed by atoms with Crippen molar-refractivity contribution in [3.05, 3.63) is 67.7 Å². The van der Waals surface area contributed by atoms with Gasteiger partial charge >= 0.3 is 5.69 Å². The molecule has 0 saturated carbocycles. The quantitative estimate of drug-likeness (QED) is 0.761. The van der Waals surface area contributed by atoms with Crippen LogP contribution in [0.2, 0.25) is 0 Å². The fourth-order valence-electron chi connectivity index (χ4n) is 1.99. The zero-order chi connectivity index (χ0) is 15.0. The van der Waals surface area contributed by atoms with Crippen LogP contribution in [0, 0.1) is 12.7 Å². The monoisotopic (exact) mass is 276 g/mol. The summed E-state index contributed by atoms with van der Waals surface area (Å²) in [6, 6.07) is 3.85. The van der Waals surface area contributed by atoms with Gasteiger partial charge in [-0.25, -0.2) is 9.18 Å². The van der Waals surface area contributed by atoms with E-state index in [-0.39, 0.29) is 11.1 Å². The first kappa shape index (κ1) is 13.9. The minimum absolute atomic E-state index is 0.0817. The molecule has 0 fully saturated rings. The second-order valence-corrected chi connectivity index (χ2v) is 4.65. The van der Waals surface area contributed by atoms with Gasteiger partial charge in [0.05, 0.1) is 0 Å². The molecule has 6 heteroatoms.